The van der Waals surface area contributed by atoms with Crippen molar-refractivity contribution in [3.63, 3.8) is 0 Å². The van der Waals surface area contributed by atoms with E-state index in [1.807, 2.05) is 4.90 Å². The number of likely N-dealkylation sites (tertiary alicyclic amines) is 1. The highest BCUT2D eigenvalue weighted by molar-refractivity contribution is 9.09. The molecule has 0 saturated carbocycles. The van der Waals surface area contributed by atoms with E-state index in [-0.39, 0.29) is 17.6 Å². The summed E-state index contributed by atoms with van der Waals surface area (Å²) in [6, 6.07) is 4.79. The van der Waals surface area contributed by atoms with E-state index >= 15 is 0 Å². The number of nitrogens with zero attached hydrogens (tertiary/aromatic N) is 2. The smallest absolute Gasteiger partial charge is 0.272 e. The van der Waals surface area contributed by atoms with Crippen LogP contribution in [0.2, 0.25) is 0 Å². The number of piperidine rings is 1. The number of nitro benzene ring substituents is 1. The van der Waals surface area contributed by atoms with Gasteiger partial charge in [0.15, 0.2) is 0 Å². The van der Waals surface area contributed by atoms with Gasteiger partial charge in [-0.15, -0.1) is 0 Å². The highest BCUT2D eigenvalue weighted by Crippen LogP contribution is 2.24. The van der Waals surface area contributed by atoms with Gasteiger partial charge in [-0.05, 0) is 38.3 Å². The zero-order valence-electron chi connectivity index (χ0n) is 11.3. The van der Waals surface area contributed by atoms with Crippen LogP contribution >= 0.6 is 15.9 Å². The SMILES string of the molecule is Cc1cc(C(=O)N2CCCCC2CBr)ccc1[N+](=O)[O-]. The Morgan fingerprint density at radius 2 is 2.25 bits per heavy atom. The highest BCUT2D eigenvalue weighted by atomic mass is 79.9. The Hall–Kier alpha value is -1.43. The lowest BCUT2D eigenvalue weighted by Crippen LogP contribution is -2.44. The molecule has 2 rings (SSSR count). The van der Waals surface area contributed by atoms with Gasteiger partial charge in [-0.25, -0.2) is 0 Å². The fourth-order valence-corrected chi connectivity index (χ4v) is 3.26. The lowest BCUT2D eigenvalue weighted by Gasteiger charge is -2.34. The maximum absolute atomic E-state index is 12.5. The van der Waals surface area contributed by atoms with Crippen molar-refractivity contribution in [2.45, 2.75) is 32.2 Å². The maximum atomic E-state index is 12.5. The van der Waals surface area contributed by atoms with Crippen LogP contribution in [0.5, 0.6) is 0 Å². The molecule has 1 fully saturated rings. The Morgan fingerprint density at radius 3 is 2.85 bits per heavy atom. The second-order valence-electron chi connectivity index (χ2n) is 5.06. The molecule has 1 saturated heterocycles. The molecule has 1 aromatic carbocycles. The van der Waals surface area contributed by atoms with Crippen LogP contribution in [0, 0.1) is 17.0 Å². The number of alkyl halides is 1. The normalized spacial score (nSPS) is 18.9. The zero-order valence-corrected chi connectivity index (χ0v) is 12.9. The topological polar surface area (TPSA) is 63.5 Å². The summed E-state index contributed by atoms with van der Waals surface area (Å²) in [7, 11) is 0. The van der Waals surface area contributed by atoms with E-state index in [9.17, 15) is 14.9 Å². The Bertz CT molecular complexity index is 533. The number of nitro groups is 1. The van der Waals surface area contributed by atoms with Crippen molar-refractivity contribution in [2.75, 3.05) is 11.9 Å². The van der Waals surface area contributed by atoms with E-state index in [2.05, 4.69) is 15.9 Å². The molecule has 1 amide bonds. The second kappa shape index (κ2) is 6.35. The molecule has 1 heterocycles. The molecule has 1 aromatic rings. The van der Waals surface area contributed by atoms with Gasteiger partial charge in [-0.1, -0.05) is 15.9 Å². The summed E-state index contributed by atoms with van der Waals surface area (Å²) in [5, 5.41) is 11.6. The molecule has 0 bridgehead atoms. The molecule has 0 radical (unpaired) electrons. The van der Waals surface area contributed by atoms with Gasteiger partial charge in [0.1, 0.15) is 0 Å². The number of halogens is 1. The molecule has 6 heteroatoms. The van der Waals surface area contributed by atoms with Gasteiger partial charge in [0.25, 0.3) is 11.6 Å². The van der Waals surface area contributed by atoms with Crippen LogP contribution in [0.1, 0.15) is 35.2 Å². The van der Waals surface area contributed by atoms with Gasteiger partial charge in [0.05, 0.1) is 4.92 Å². The van der Waals surface area contributed by atoms with Gasteiger partial charge in [-0.3, -0.25) is 14.9 Å². The van der Waals surface area contributed by atoms with E-state index < -0.39 is 4.92 Å². The summed E-state index contributed by atoms with van der Waals surface area (Å²) < 4.78 is 0. The van der Waals surface area contributed by atoms with Crippen LogP contribution in [0.4, 0.5) is 5.69 Å². The van der Waals surface area contributed by atoms with Crippen LogP contribution in [0.25, 0.3) is 0 Å². The largest absolute Gasteiger partial charge is 0.335 e. The van der Waals surface area contributed by atoms with Crippen LogP contribution in [0.15, 0.2) is 18.2 Å². The average Bonchev–Trinajstić information content (AvgIpc) is 2.45. The number of amides is 1. The molecule has 1 unspecified atom stereocenters. The number of rotatable bonds is 3. The fourth-order valence-electron chi connectivity index (χ4n) is 2.59. The van der Waals surface area contributed by atoms with Crippen LogP contribution in [0.3, 0.4) is 0 Å². The second-order valence-corrected chi connectivity index (χ2v) is 5.71. The Balaban J connectivity index is 2.24. The van der Waals surface area contributed by atoms with Crippen molar-refractivity contribution in [1.29, 1.82) is 0 Å². The zero-order chi connectivity index (χ0) is 14.7. The molecular weight excluding hydrogens is 324 g/mol. The Morgan fingerprint density at radius 1 is 1.50 bits per heavy atom. The number of carbonyl (C=O) groups is 1. The Labute approximate surface area is 126 Å². The van der Waals surface area contributed by atoms with Crippen molar-refractivity contribution < 1.29 is 9.72 Å². The van der Waals surface area contributed by atoms with Crippen molar-refractivity contribution >= 4 is 27.5 Å². The van der Waals surface area contributed by atoms with E-state index in [1.54, 1.807) is 19.1 Å². The van der Waals surface area contributed by atoms with Crippen molar-refractivity contribution in [3.8, 4) is 0 Å². The summed E-state index contributed by atoms with van der Waals surface area (Å²) in [4.78, 5) is 24.8. The maximum Gasteiger partial charge on any atom is 0.272 e. The quantitative estimate of drug-likeness (QED) is 0.481. The molecular formula is C14H17BrN2O3. The third-order valence-corrected chi connectivity index (χ3v) is 4.45. The van der Waals surface area contributed by atoms with Crippen LogP contribution in [-0.4, -0.2) is 33.6 Å². The average molecular weight is 341 g/mol. The number of benzene rings is 1. The van der Waals surface area contributed by atoms with E-state index in [0.717, 1.165) is 31.1 Å². The first-order chi connectivity index (χ1) is 9.54. The number of hydrogen-bond donors (Lipinski definition) is 0. The molecule has 0 spiro atoms. The lowest BCUT2D eigenvalue weighted by atomic mass is 10.0. The third-order valence-electron chi connectivity index (χ3n) is 3.71. The first-order valence-corrected chi connectivity index (χ1v) is 7.78. The van der Waals surface area contributed by atoms with Crippen molar-refractivity contribution in [3.05, 3.63) is 39.4 Å². The number of hydrogen-bond acceptors (Lipinski definition) is 3. The summed E-state index contributed by atoms with van der Waals surface area (Å²) in [6.45, 7) is 2.41. The van der Waals surface area contributed by atoms with Crippen molar-refractivity contribution in [2.24, 2.45) is 0 Å². The van der Waals surface area contributed by atoms with Gasteiger partial charge >= 0.3 is 0 Å². The van der Waals surface area contributed by atoms with E-state index in [4.69, 9.17) is 0 Å². The molecule has 1 aliphatic heterocycles. The monoisotopic (exact) mass is 340 g/mol. The number of carbonyl (C=O) groups excluding carboxylic acids is 1. The third kappa shape index (κ3) is 3.00. The first kappa shape index (κ1) is 15.0. The van der Waals surface area contributed by atoms with Gasteiger partial charge < -0.3 is 4.90 Å². The number of aryl methyl sites for hydroxylation is 1. The summed E-state index contributed by atoms with van der Waals surface area (Å²) in [6.07, 6.45) is 3.16. The predicted molar refractivity (Wildman–Crippen MR) is 80.3 cm³/mol. The van der Waals surface area contributed by atoms with Gasteiger partial charge in [-0.2, -0.15) is 0 Å². The fraction of sp³-hybridized carbons (Fsp3) is 0.500. The summed E-state index contributed by atoms with van der Waals surface area (Å²) >= 11 is 3.45. The van der Waals surface area contributed by atoms with Gasteiger partial charge in [0, 0.05) is 35.1 Å². The molecule has 20 heavy (non-hydrogen) atoms. The molecule has 0 aliphatic carbocycles. The molecule has 1 atom stereocenters. The first-order valence-electron chi connectivity index (χ1n) is 6.66. The van der Waals surface area contributed by atoms with Crippen molar-refractivity contribution in [1.82, 2.24) is 4.90 Å². The Kier molecular flexibility index (Phi) is 4.75. The molecule has 5 nitrogen and oxygen atoms in total. The van der Waals surface area contributed by atoms with Crippen LogP contribution in [-0.2, 0) is 0 Å². The lowest BCUT2D eigenvalue weighted by molar-refractivity contribution is -0.385. The summed E-state index contributed by atoms with van der Waals surface area (Å²) in [5.74, 6) is -0.0350. The summed E-state index contributed by atoms with van der Waals surface area (Å²) in [5.41, 5.74) is 1.10. The molecule has 108 valence electrons. The van der Waals surface area contributed by atoms with Gasteiger partial charge in [0.2, 0.25) is 0 Å². The predicted octanol–water partition coefficient (Wildman–Crippen LogP) is 3.29. The minimum absolute atomic E-state index is 0.0350. The molecule has 0 N–H and O–H groups in total. The standard InChI is InChI=1S/C14H17BrN2O3/c1-10-8-11(5-6-13(10)17(19)20)14(18)16-7-3-2-4-12(16)9-15/h5-6,8,12H,2-4,7,9H2,1H3. The molecule has 0 aromatic heterocycles. The highest BCUT2D eigenvalue weighted by Gasteiger charge is 2.27. The minimum Gasteiger partial charge on any atom is -0.335 e. The minimum atomic E-state index is -0.425. The van der Waals surface area contributed by atoms with E-state index in [0.29, 0.717) is 11.1 Å². The van der Waals surface area contributed by atoms with E-state index in [1.165, 1.54) is 6.07 Å². The van der Waals surface area contributed by atoms with Crippen LogP contribution < -0.4 is 0 Å². The molecule has 1 aliphatic rings.